The quantitative estimate of drug-likeness (QED) is 0.814. The summed E-state index contributed by atoms with van der Waals surface area (Å²) in [5, 5.41) is 4.50. The molecular weight excluding hydrogens is 293 g/mol. The van der Waals surface area contributed by atoms with E-state index < -0.39 is 0 Å². The first kappa shape index (κ1) is 15.7. The van der Waals surface area contributed by atoms with Crippen LogP contribution in [-0.4, -0.2) is 24.6 Å². The number of anilines is 2. The summed E-state index contributed by atoms with van der Waals surface area (Å²) in [4.78, 5) is 6.92. The van der Waals surface area contributed by atoms with E-state index in [1.54, 1.807) is 6.07 Å². The van der Waals surface area contributed by atoms with Crippen molar-refractivity contribution in [1.82, 2.24) is 4.98 Å². The monoisotopic (exact) mass is 315 g/mol. The lowest BCUT2D eigenvalue weighted by Crippen LogP contribution is -2.21. The van der Waals surface area contributed by atoms with E-state index in [2.05, 4.69) is 29.0 Å². The third kappa shape index (κ3) is 3.70. The topological polar surface area (TPSA) is 28.2 Å². The fraction of sp³-hybridized carbons (Fsp3) is 0.667. The fourth-order valence-corrected chi connectivity index (χ4v) is 3.26. The molecule has 1 aliphatic rings. The summed E-state index contributed by atoms with van der Waals surface area (Å²) in [6.07, 6.45) is 4.79. The van der Waals surface area contributed by atoms with Gasteiger partial charge in [0.25, 0.3) is 0 Å². The van der Waals surface area contributed by atoms with Crippen molar-refractivity contribution in [2.45, 2.75) is 39.5 Å². The molecule has 0 spiro atoms. The molecule has 112 valence electrons. The molecule has 3 nitrogen and oxygen atoms in total. The lowest BCUT2D eigenvalue weighted by Gasteiger charge is -2.20. The molecule has 0 bridgehead atoms. The summed E-state index contributed by atoms with van der Waals surface area (Å²) >= 11 is 12.5. The first-order valence-electron chi connectivity index (χ1n) is 7.50. The van der Waals surface area contributed by atoms with Crippen LogP contribution in [0.15, 0.2) is 6.07 Å². The lowest BCUT2D eigenvalue weighted by molar-refractivity contribution is 0.529. The van der Waals surface area contributed by atoms with Crippen molar-refractivity contribution in [3.05, 3.63) is 16.1 Å². The van der Waals surface area contributed by atoms with Gasteiger partial charge in [0.2, 0.25) is 0 Å². The van der Waals surface area contributed by atoms with Gasteiger partial charge in [0, 0.05) is 19.6 Å². The molecule has 1 saturated heterocycles. The van der Waals surface area contributed by atoms with Gasteiger partial charge in [-0.25, -0.2) is 4.98 Å². The minimum absolute atomic E-state index is 0.594. The second-order valence-electron chi connectivity index (χ2n) is 5.44. The van der Waals surface area contributed by atoms with Gasteiger partial charge in [0.1, 0.15) is 11.6 Å². The maximum atomic E-state index is 6.32. The van der Waals surface area contributed by atoms with Gasteiger partial charge < -0.3 is 10.2 Å². The predicted molar refractivity (Wildman–Crippen MR) is 88.3 cm³/mol. The van der Waals surface area contributed by atoms with E-state index in [-0.39, 0.29) is 0 Å². The summed E-state index contributed by atoms with van der Waals surface area (Å²) < 4.78 is 0. The summed E-state index contributed by atoms with van der Waals surface area (Å²) in [7, 11) is 0. The Labute approximate surface area is 131 Å². The molecule has 5 heteroatoms. The van der Waals surface area contributed by atoms with E-state index >= 15 is 0 Å². The van der Waals surface area contributed by atoms with Crippen molar-refractivity contribution in [2.75, 3.05) is 29.9 Å². The number of halogens is 2. The number of hydrogen-bond acceptors (Lipinski definition) is 3. The van der Waals surface area contributed by atoms with Gasteiger partial charge in [-0.05, 0) is 31.2 Å². The summed E-state index contributed by atoms with van der Waals surface area (Å²) in [5.41, 5.74) is 0. The second kappa shape index (κ2) is 7.37. The van der Waals surface area contributed by atoms with Crippen LogP contribution in [0.5, 0.6) is 0 Å². The van der Waals surface area contributed by atoms with Crippen LogP contribution in [0.2, 0.25) is 10.0 Å². The Bertz CT molecular complexity index is 451. The highest BCUT2D eigenvalue weighted by molar-refractivity contribution is 6.37. The minimum atomic E-state index is 0.594. The first-order valence-corrected chi connectivity index (χ1v) is 8.26. The minimum Gasteiger partial charge on any atom is -0.369 e. The van der Waals surface area contributed by atoms with Crippen LogP contribution >= 0.6 is 23.2 Å². The summed E-state index contributed by atoms with van der Waals surface area (Å²) in [6.45, 7) is 7.31. The second-order valence-corrected chi connectivity index (χ2v) is 6.25. The van der Waals surface area contributed by atoms with Gasteiger partial charge >= 0.3 is 0 Å². The van der Waals surface area contributed by atoms with Crippen molar-refractivity contribution in [1.29, 1.82) is 0 Å². The Balaban J connectivity index is 2.14. The molecule has 20 heavy (non-hydrogen) atoms. The molecule has 2 rings (SSSR count). The molecule has 1 aromatic heterocycles. The maximum Gasteiger partial charge on any atom is 0.149 e. The van der Waals surface area contributed by atoms with Gasteiger partial charge in [0.15, 0.2) is 0 Å². The van der Waals surface area contributed by atoms with Gasteiger partial charge in [-0.15, -0.1) is 0 Å². The summed E-state index contributed by atoms with van der Waals surface area (Å²) in [5.74, 6) is 2.38. The standard InChI is InChI=1S/C15H23Cl2N3/c1-3-5-11-6-8-20(10-11)15-13(17)9-12(16)14(19-15)18-7-4-2/h9,11H,3-8,10H2,1-2H3,(H,18,19). The molecule has 0 aromatic carbocycles. The molecule has 0 radical (unpaired) electrons. The van der Waals surface area contributed by atoms with Gasteiger partial charge in [-0.2, -0.15) is 0 Å². The van der Waals surface area contributed by atoms with Gasteiger partial charge in [-0.1, -0.05) is 43.5 Å². The maximum absolute atomic E-state index is 6.32. The SMILES string of the molecule is CCCNc1nc(N2CCC(CCC)C2)c(Cl)cc1Cl. The number of pyridine rings is 1. The van der Waals surface area contributed by atoms with Crippen LogP contribution in [-0.2, 0) is 0 Å². The third-order valence-corrected chi connectivity index (χ3v) is 4.30. The average Bonchev–Trinajstić information content (AvgIpc) is 2.87. The van der Waals surface area contributed by atoms with Crippen molar-refractivity contribution in [3.63, 3.8) is 0 Å². The van der Waals surface area contributed by atoms with E-state index in [1.807, 2.05) is 0 Å². The average molecular weight is 316 g/mol. The third-order valence-electron chi connectivity index (χ3n) is 3.74. The highest BCUT2D eigenvalue weighted by Gasteiger charge is 2.25. The van der Waals surface area contributed by atoms with Crippen LogP contribution in [0.4, 0.5) is 11.6 Å². The Morgan fingerprint density at radius 2 is 2.10 bits per heavy atom. The number of aromatic nitrogens is 1. The highest BCUT2D eigenvalue weighted by Crippen LogP contribution is 2.34. The predicted octanol–water partition coefficient (Wildman–Crippen LogP) is 4.84. The molecule has 0 aliphatic carbocycles. The molecular formula is C15H23Cl2N3. The summed E-state index contributed by atoms with van der Waals surface area (Å²) in [6, 6.07) is 1.80. The fourth-order valence-electron chi connectivity index (χ4n) is 2.71. The Morgan fingerprint density at radius 1 is 1.30 bits per heavy atom. The normalized spacial score (nSPS) is 18.6. The van der Waals surface area contributed by atoms with Crippen molar-refractivity contribution in [3.8, 4) is 0 Å². The number of rotatable bonds is 6. The molecule has 1 atom stereocenters. The van der Waals surface area contributed by atoms with Crippen molar-refractivity contribution < 1.29 is 0 Å². The highest BCUT2D eigenvalue weighted by atomic mass is 35.5. The van der Waals surface area contributed by atoms with E-state index in [0.29, 0.717) is 10.0 Å². The molecule has 1 aliphatic heterocycles. The number of hydrogen-bond donors (Lipinski definition) is 1. The van der Waals surface area contributed by atoms with Gasteiger partial charge in [0.05, 0.1) is 10.0 Å². The van der Waals surface area contributed by atoms with E-state index in [9.17, 15) is 0 Å². The molecule has 0 amide bonds. The van der Waals surface area contributed by atoms with Gasteiger partial charge in [-0.3, -0.25) is 0 Å². The molecule has 1 unspecified atom stereocenters. The molecule has 1 fully saturated rings. The number of nitrogens with zero attached hydrogens (tertiary/aromatic N) is 2. The number of nitrogens with one attached hydrogen (secondary N) is 1. The van der Waals surface area contributed by atoms with E-state index in [0.717, 1.165) is 43.6 Å². The molecule has 1 N–H and O–H groups in total. The Morgan fingerprint density at radius 3 is 2.80 bits per heavy atom. The van der Waals surface area contributed by atoms with Crippen LogP contribution in [0.3, 0.4) is 0 Å². The van der Waals surface area contributed by atoms with Crippen molar-refractivity contribution >= 4 is 34.8 Å². The van der Waals surface area contributed by atoms with E-state index in [4.69, 9.17) is 23.2 Å². The lowest BCUT2D eigenvalue weighted by atomic mass is 10.0. The molecule has 1 aromatic rings. The Kier molecular flexibility index (Phi) is 5.79. The largest absolute Gasteiger partial charge is 0.369 e. The Hall–Kier alpha value is -0.670. The van der Waals surface area contributed by atoms with Crippen molar-refractivity contribution in [2.24, 2.45) is 5.92 Å². The zero-order chi connectivity index (χ0) is 14.5. The smallest absolute Gasteiger partial charge is 0.149 e. The van der Waals surface area contributed by atoms with Crippen LogP contribution < -0.4 is 10.2 Å². The first-order chi connectivity index (χ1) is 9.65. The van der Waals surface area contributed by atoms with Crippen LogP contribution in [0, 0.1) is 5.92 Å². The van der Waals surface area contributed by atoms with Crippen LogP contribution in [0.1, 0.15) is 39.5 Å². The zero-order valence-corrected chi connectivity index (χ0v) is 13.8. The zero-order valence-electron chi connectivity index (χ0n) is 12.3. The molecule has 2 heterocycles. The van der Waals surface area contributed by atoms with Crippen LogP contribution in [0.25, 0.3) is 0 Å². The van der Waals surface area contributed by atoms with E-state index in [1.165, 1.54) is 19.3 Å². The molecule has 0 saturated carbocycles.